The third-order valence-corrected chi connectivity index (χ3v) is 2.11. The largest absolute Gasteiger partial charge is 0.491 e. The number of aromatic amines is 1. The molecule has 2 aromatic rings. The molecule has 0 aromatic carbocycles. The van der Waals surface area contributed by atoms with E-state index in [1.807, 2.05) is 6.92 Å². The summed E-state index contributed by atoms with van der Waals surface area (Å²) in [6.07, 6.45) is 1.32. The van der Waals surface area contributed by atoms with E-state index in [1.165, 1.54) is 6.33 Å². The minimum Gasteiger partial charge on any atom is -0.491 e. The van der Waals surface area contributed by atoms with Gasteiger partial charge in [0.25, 0.3) is 5.56 Å². The third kappa shape index (κ3) is 1.78. The van der Waals surface area contributed by atoms with Crippen molar-refractivity contribution in [2.75, 3.05) is 6.61 Å². The van der Waals surface area contributed by atoms with Crippen LogP contribution < -0.4 is 10.3 Å². The van der Waals surface area contributed by atoms with Crippen molar-refractivity contribution in [1.82, 2.24) is 15.0 Å². The van der Waals surface area contributed by atoms with Crippen LogP contribution in [0.3, 0.4) is 0 Å². The van der Waals surface area contributed by atoms with Gasteiger partial charge in [-0.25, -0.2) is 9.97 Å². The third-order valence-electron chi connectivity index (χ3n) is 1.84. The molecule has 0 aliphatic rings. The molecule has 0 radical (unpaired) electrons. The molecular weight excluding hydrogens is 218 g/mol. The molecule has 0 saturated heterocycles. The lowest BCUT2D eigenvalue weighted by Gasteiger charge is -2.04. The normalized spacial score (nSPS) is 10.5. The van der Waals surface area contributed by atoms with E-state index >= 15 is 0 Å². The van der Waals surface area contributed by atoms with Crippen LogP contribution in [0.5, 0.6) is 5.75 Å². The molecule has 1 N–H and O–H groups in total. The highest BCUT2D eigenvalue weighted by molar-refractivity contribution is 6.31. The molecule has 0 spiro atoms. The molecule has 2 aromatic heterocycles. The molecule has 0 bridgehead atoms. The van der Waals surface area contributed by atoms with Gasteiger partial charge in [-0.3, -0.25) is 4.79 Å². The van der Waals surface area contributed by atoms with Gasteiger partial charge in [0.15, 0.2) is 16.4 Å². The summed E-state index contributed by atoms with van der Waals surface area (Å²) >= 11 is 5.84. The van der Waals surface area contributed by atoms with Gasteiger partial charge < -0.3 is 9.72 Å². The molecule has 2 heterocycles. The highest BCUT2D eigenvalue weighted by Crippen LogP contribution is 2.24. The van der Waals surface area contributed by atoms with E-state index in [2.05, 4.69) is 15.0 Å². The summed E-state index contributed by atoms with van der Waals surface area (Å²) in [5.41, 5.74) is 0.363. The summed E-state index contributed by atoms with van der Waals surface area (Å²) in [6.45, 7) is 2.32. The van der Waals surface area contributed by atoms with E-state index < -0.39 is 0 Å². The maximum absolute atomic E-state index is 11.3. The zero-order chi connectivity index (χ0) is 10.8. The van der Waals surface area contributed by atoms with Crippen LogP contribution in [-0.2, 0) is 0 Å². The Morgan fingerprint density at radius 2 is 2.40 bits per heavy atom. The molecule has 0 atom stereocenters. The summed E-state index contributed by atoms with van der Waals surface area (Å²) in [7, 11) is 0. The quantitative estimate of drug-likeness (QED) is 0.784. The Kier molecular flexibility index (Phi) is 2.55. The first-order chi connectivity index (χ1) is 7.22. The number of nitrogens with zero attached hydrogens (tertiary/aromatic N) is 2. The fourth-order valence-electron chi connectivity index (χ4n) is 1.21. The summed E-state index contributed by atoms with van der Waals surface area (Å²) in [6, 6.07) is 1.60. The molecule has 0 fully saturated rings. The van der Waals surface area contributed by atoms with Gasteiger partial charge in [0.2, 0.25) is 0 Å². The fraction of sp³-hybridized carbons (Fsp3) is 0.222. The molecule has 0 unspecified atom stereocenters. The van der Waals surface area contributed by atoms with Crippen molar-refractivity contribution < 1.29 is 4.74 Å². The number of hydrogen-bond acceptors (Lipinski definition) is 4. The minimum atomic E-state index is -0.315. The molecule has 5 nitrogen and oxygen atoms in total. The first-order valence-corrected chi connectivity index (χ1v) is 4.77. The second-order valence-corrected chi connectivity index (χ2v) is 3.17. The van der Waals surface area contributed by atoms with Crippen LogP contribution >= 0.6 is 11.6 Å². The van der Waals surface area contributed by atoms with E-state index in [0.29, 0.717) is 17.9 Å². The number of aromatic nitrogens is 3. The second-order valence-electron chi connectivity index (χ2n) is 2.81. The smallest absolute Gasteiger partial charge is 0.277 e. The Morgan fingerprint density at radius 1 is 1.60 bits per heavy atom. The number of nitrogens with one attached hydrogen (secondary N) is 1. The average Bonchev–Trinajstić information content (AvgIpc) is 2.21. The Labute approximate surface area is 90.1 Å². The zero-order valence-corrected chi connectivity index (χ0v) is 8.71. The Hall–Kier alpha value is -1.62. The zero-order valence-electron chi connectivity index (χ0n) is 7.95. The van der Waals surface area contributed by atoms with Crippen molar-refractivity contribution in [3.8, 4) is 5.75 Å². The maximum atomic E-state index is 11.3. The van der Waals surface area contributed by atoms with Crippen LogP contribution in [0.1, 0.15) is 6.92 Å². The van der Waals surface area contributed by atoms with Gasteiger partial charge >= 0.3 is 0 Å². The molecular formula is C9H8ClN3O2. The molecule has 0 aliphatic carbocycles. The second kappa shape index (κ2) is 3.86. The Bertz CT molecular complexity index is 553. The topological polar surface area (TPSA) is 67.9 Å². The van der Waals surface area contributed by atoms with Gasteiger partial charge in [-0.1, -0.05) is 11.6 Å². The van der Waals surface area contributed by atoms with Gasteiger partial charge in [0, 0.05) is 6.07 Å². The first kappa shape index (κ1) is 9.92. The number of hydrogen-bond donors (Lipinski definition) is 1. The Balaban J connectivity index is 2.71. The van der Waals surface area contributed by atoms with Crippen LogP contribution in [0.25, 0.3) is 11.0 Å². The van der Waals surface area contributed by atoms with E-state index in [4.69, 9.17) is 16.3 Å². The number of halogens is 1. The van der Waals surface area contributed by atoms with E-state index in [-0.39, 0.29) is 16.2 Å². The minimum absolute atomic E-state index is 0.169. The van der Waals surface area contributed by atoms with Crippen LogP contribution in [-0.4, -0.2) is 21.6 Å². The van der Waals surface area contributed by atoms with Gasteiger partial charge in [-0.2, -0.15) is 0 Å². The molecule has 0 aliphatic heterocycles. The molecule has 6 heteroatoms. The molecule has 0 saturated carbocycles. The molecule has 78 valence electrons. The summed E-state index contributed by atoms with van der Waals surface area (Å²) in [5, 5.41) is 0.169. The lowest BCUT2D eigenvalue weighted by Crippen LogP contribution is -2.08. The highest BCUT2D eigenvalue weighted by Gasteiger charge is 2.08. The molecule has 0 amide bonds. The van der Waals surface area contributed by atoms with E-state index in [0.717, 1.165) is 0 Å². The van der Waals surface area contributed by atoms with Crippen molar-refractivity contribution in [1.29, 1.82) is 0 Å². The number of pyridine rings is 1. The lowest BCUT2D eigenvalue weighted by molar-refractivity contribution is 0.339. The number of H-pyrrole nitrogens is 1. The van der Waals surface area contributed by atoms with Crippen molar-refractivity contribution in [2.24, 2.45) is 0 Å². The molecule has 2 rings (SSSR count). The van der Waals surface area contributed by atoms with Gasteiger partial charge in [-0.15, -0.1) is 0 Å². The number of rotatable bonds is 2. The predicted molar refractivity (Wildman–Crippen MR) is 56.3 cm³/mol. The van der Waals surface area contributed by atoms with Gasteiger partial charge in [-0.05, 0) is 6.92 Å². The predicted octanol–water partition coefficient (Wildman–Crippen LogP) is 1.37. The van der Waals surface area contributed by atoms with E-state index in [9.17, 15) is 4.79 Å². The standard InChI is InChI=1S/C9H8ClN3O2/c1-2-15-6-3-5-7(13-8(6)10)9(14)12-4-11-5/h3-4H,2H2,1H3,(H,11,12,14). The summed E-state index contributed by atoms with van der Waals surface area (Å²) in [4.78, 5) is 21.7. The lowest BCUT2D eigenvalue weighted by atomic mass is 10.3. The average molecular weight is 226 g/mol. The highest BCUT2D eigenvalue weighted by atomic mass is 35.5. The van der Waals surface area contributed by atoms with Crippen LogP contribution in [0.15, 0.2) is 17.2 Å². The fourth-order valence-corrected chi connectivity index (χ4v) is 1.41. The monoisotopic (exact) mass is 225 g/mol. The Morgan fingerprint density at radius 3 is 3.13 bits per heavy atom. The van der Waals surface area contributed by atoms with Crippen LogP contribution in [0, 0.1) is 0 Å². The van der Waals surface area contributed by atoms with Crippen molar-refractivity contribution in [3.05, 3.63) is 27.9 Å². The summed E-state index contributed by atoms with van der Waals surface area (Å²) in [5.74, 6) is 0.435. The first-order valence-electron chi connectivity index (χ1n) is 4.39. The molecule has 15 heavy (non-hydrogen) atoms. The van der Waals surface area contributed by atoms with Gasteiger partial charge in [0.1, 0.15) is 0 Å². The number of fused-ring (bicyclic) bond motifs is 1. The van der Waals surface area contributed by atoms with Gasteiger partial charge in [0.05, 0.1) is 18.5 Å². The van der Waals surface area contributed by atoms with Crippen molar-refractivity contribution >= 4 is 22.6 Å². The maximum Gasteiger partial charge on any atom is 0.277 e. The van der Waals surface area contributed by atoms with E-state index in [1.54, 1.807) is 6.07 Å². The van der Waals surface area contributed by atoms with Crippen LogP contribution in [0.4, 0.5) is 0 Å². The van der Waals surface area contributed by atoms with Crippen LogP contribution in [0.2, 0.25) is 5.15 Å². The van der Waals surface area contributed by atoms with Crippen molar-refractivity contribution in [2.45, 2.75) is 6.92 Å². The number of ether oxygens (including phenoxy) is 1. The van der Waals surface area contributed by atoms with Crippen molar-refractivity contribution in [3.63, 3.8) is 0 Å². The summed E-state index contributed by atoms with van der Waals surface area (Å²) < 4.78 is 5.24. The SMILES string of the molecule is CCOc1cc2nc[nH]c(=O)c2nc1Cl.